The molecule has 2 nitrogen and oxygen atoms in total. The summed E-state index contributed by atoms with van der Waals surface area (Å²) < 4.78 is 17.0. The third kappa shape index (κ3) is 2.13. The molecule has 0 aliphatic carbocycles. The van der Waals surface area contributed by atoms with Gasteiger partial charge in [-0.1, -0.05) is 22.0 Å². The minimum Gasteiger partial charge on any atom is -0.330 e. The Labute approximate surface area is 123 Å². The molecule has 0 aliphatic rings. The topological polar surface area (TPSA) is 20.7 Å². The summed E-state index contributed by atoms with van der Waals surface area (Å²) in [6, 6.07) is 10.9. The molecule has 0 saturated heterocycles. The van der Waals surface area contributed by atoms with E-state index in [0.29, 0.717) is 14.9 Å². The van der Waals surface area contributed by atoms with Crippen LogP contribution in [0.5, 0.6) is 0 Å². The van der Waals surface area contributed by atoms with Crippen molar-refractivity contribution in [3.05, 3.63) is 57.0 Å². The number of nitrogens with zero attached hydrogens (tertiary/aromatic N) is 1. The van der Waals surface area contributed by atoms with E-state index in [1.54, 1.807) is 16.7 Å². The fraction of sp³-hybridized carbons (Fsp3) is 0.0714. The second-order valence-corrected chi connectivity index (χ2v) is 5.68. The molecule has 1 aromatic heterocycles. The zero-order chi connectivity index (χ0) is 13.6. The van der Waals surface area contributed by atoms with E-state index in [9.17, 15) is 4.39 Å². The highest BCUT2D eigenvalue weighted by Crippen LogP contribution is 2.24. The smallest absolute Gasteiger partial charge is 0.182 e. The second-order valence-electron chi connectivity index (χ2n) is 4.38. The first-order valence-corrected chi connectivity index (χ1v) is 6.93. The molecule has 3 aromatic rings. The van der Waals surface area contributed by atoms with Gasteiger partial charge in [-0.15, -0.1) is 0 Å². The molecule has 1 N–H and O–H groups in total. The number of hydrogen-bond donors (Lipinski definition) is 1. The molecule has 2 aromatic carbocycles. The third-order valence-corrected chi connectivity index (χ3v) is 3.77. The molecular formula is C14H10BrFN2S. The zero-order valence-electron chi connectivity index (χ0n) is 10.1. The average Bonchev–Trinajstić information content (AvgIpc) is 2.65. The number of imidazole rings is 1. The lowest BCUT2D eigenvalue weighted by molar-refractivity contribution is 0.618. The number of aromatic amines is 1. The molecule has 0 fully saturated rings. The number of rotatable bonds is 1. The molecule has 5 heteroatoms. The molecule has 0 aliphatic heterocycles. The Morgan fingerprint density at radius 3 is 2.74 bits per heavy atom. The van der Waals surface area contributed by atoms with Gasteiger partial charge in [0.1, 0.15) is 5.82 Å². The molecule has 0 radical (unpaired) electrons. The van der Waals surface area contributed by atoms with E-state index < -0.39 is 0 Å². The van der Waals surface area contributed by atoms with Crippen LogP contribution in [0, 0.1) is 17.5 Å². The fourth-order valence-corrected chi connectivity index (χ4v) is 2.75. The van der Waals surface area contributed by atoms with Gasteiger partial charge in [-0.3, -0.25) is 4.57 Å². The fourth-order valence-electron chi connectivity index (χ4n) is 2.11. The molecule has 19 heavy (non-hydrogen) atoms. The number of nitrogens with one attached hydrogen (secondary N) is 1. The Hall–Kier alpha value is -1.46. The van der Waals surface area contributed by atoms with Gasteiger partial charge >= 0.3 is 0 Å². The van der Waals surface area contributed by atoms with Crippen molar-refractivity contribution in [2.45, 2.75) is 6.92 Å². The van der Waals surface area contributed by atoms with Crippen molar-refractivity contribution in [1.82, 2.24) is 9.55 Å². The summed E-state index contributed by atoms with van der Waals surface area (Å²) in [4.78, 5) is 3.09. The zero-order valence-corrected chi connectivity index (χ0v) is 12.5. The number of H-pyrrole nitrogens is 1. The van der Waals surface area contributed by atoms with Crippen LogP contribution in [-0.2, 0) is 0 Å². The van der Waals surface area contributed by atoms with Crippen LogP contribution in [0.25, 0.3) is 16.7 Å². The molecule has 1 heterocycles. The van der Waals surface area contributed by atoms with Crippen LogP contribution in [0.3, 0.4) is 0 Å². The predicted octanol–water partition coefficient (Wildman–Crippen LogP) is 4.90. The monoisotopic (exact) mass is 336 g/mol. The minimum atomic E-state index is -0.312. The maximum absolute atomic E-state index is 14.1. The van der Waals surface area contributed by atoms with Crippen molar-refractivity contribution < 1.29 is 4.39 Å². The van der Waals surface area contributed by atoms with Crippen molar-refractivity contribution in [1.29, 1.82) is 0 Å². The third-order valence-electron chi connectivity index (χ3n) is 2.99. The highest BCUT2D eigenvalue weighted by molar-refractivity contribution is 9.10. The lowest BCUT2D eigenvalue weighted by atomic mass is 10.2. The molecule has 0 saturated carbocycles. The van der Waals surface area contributed by atoms with Gasteiger partial charge < -0.3 is 4.98 Å². The number of aromatic nitrogens is 2. The SMILES string of the molecule is Cc1ccc2[nH]c(=S)n(-c3ccc(Br)cc3F)c2c1. The summed E-state index contributed by atoms with van der Waals surface area (Å²) in [6.45, 7) is 2.00. The van der Waals surface area contributed by atoms with Crippen molar-refractivity contribution in [2.75, 3.05) is 0 Å². The Balaban J connectivity index is 2.38. The van der Waals surface area contributed by atoms with Crippen molar-refractivity contribution in [3.63, 3.8) is 0 Å². The summed E-state index contributed by atoms with van der Waals surface area (Å²) in [6.07, 6.45) is 0. The summed E-state index contributed by atoms with van der Waals surface area (Å²) in [5.41, 5.74) is 3.34. The van der Waals surface area contributed by atoms with Crippen molar-refractivity contribution in [3.8, 4) is 5.69 Å². The van der Waals surface area contributed by atoms with Gasteiger partial charge in [0.05, 0.1) is 16.7 Å². The molecular weight excluding hydrogens is 327 g/mol. The summed E-state index contributed by atoms with van der Waals surface area (Å²) in [5.74, 6) is -0.312. The summed E-state index contributed by atoms with van der Waals surface area (Å²) >= 11 is 8.56. The van der Waals surface area contributed by atoms with Crippen LogP contribution in [0.4, 0.5) is 4.39 Å². The Morgan fingerprint density at radius 2 is 2.00 bits per heavy atom. The van der Waals surface area contributed by atoms with Crippen molar-refractivity contribution >= 4 is 39.2 Å². The molecule has 3 rings (SSSR count). The number of aryl methyl sites for hydroxylation is 1. The first-order valence-electron chi connectivity index (χ1n) is 5.73. The summed E-state index contributed by atoms with van der Waals surface area (Å²) in [7, 11) is 0. The van der Waals surface area contributed by atoms with Gasteiger partial charge in [0.25, 0.3) is 0 Å². The largest absolute Gasteiger partial charge is 0.330 e. The highest BCUT2D eigenvalue weighted by atomic mass is 79.9. The van der Waals surface area contributed by atoms with E-state index in [2.05, 4.69) is 20.9 Å². The second kappa shape index (κ2) is 4.58. The van der Waals surface area contributed by atoms with Crippen LogP contribution in [0.2, 0.25) is 0 Å². The molecule has 96 valence electrons. The highest BCUT2D eigenvalue weighted by Gasteiger charge is 2.11. The lowest BCUT2D eigenvalue weighted by Gasteiger charge is -2.06. The normalized spacial score (nSPS) is 11.1. The van der Waals surface area contributed by atoms with Gasteiger partial charge in [-0.2, -0.15) is 0 Å². The van der Waals surface area contributed by atoms with Gasteiger partial charge in [-0.05, 0) is 55.0 Å². The van der Waals surface area contributed by atoms with E-state index in [1.165, 1.54) is 6.07 Å². The van der Waals surface area contributed by atoms with Crippen LogP contribution >= 0.6 is 28.1 Å². The molecule has 0 atom stereocenters. The Morgan fingerprint density at radius 1 is 1.21 bits per heavy atom. The van der Waals surface area contributed by atoms with E-state index >= 15 is 0 Å². The first-order chi connectivity index (χ1) is 9.06. The maximum Gasteiger partial charge on any atom is 0.182 e. The Bertz CT molecular complexity index is 835. The summed E-state index contributed by atoms with van der Waals surface area (Å²) in [5, 5.41) is 0. The predicted molar refractivity (Wildman–Crippen MR) is 80.9 cm³/mol. The van der Waals surface area contributed by atoms with Gasteiger partial charge in [-0.25, -0.2) is 4.39 Å². The average molecular weight is 337 g/mol. The van der Waals surface area contributed by atoms with Gasteiger partial charge in [0, 0.05) is 4.47 Å². The van der Waals surface area contributed by atoms with Crippen LogP contribution in [-0.4, -0.2) is 9.55 Å². The van der Waals surface area contributed by atoms with E-state index in [1.807, 2.05) is 25.1 Å². The number of fused-ring (bicyclic) bond motifs is 1. The number of benzene rings is 2. The first kappa shape index (κ1) is 12.6. The Kier molecular flexibility index (Phi) is 3.03. The number of halogens is 2. The van der Waals surface area contributed by atoms with Crippen molar-refractivity contribution in [2.24, 2.45) is 0 Å². The van der Waals surface area contributed by atoms with E-state index in [4.69, 9.17) is 12.2 Å². The number of hydrogen-bond acceptors (Lipinski definition) is 1. The minimum absolute atomic E-state index is 0.312. The van der Waals surface area contributed by atoms with Crippen LogP contribution in [0.1, 0.15) is 5.56 Å². The van der Waals surface area contributed by atoms with Crippen LogP contribution < -0.4 is 0 Å². The quantitative estimate of drug-likeness (QED) is 0.627. The van der Waals surface area contributed by atoms with Crippen LogP contribution in [0.15, 0.2) is 40.9 Å². The lowest BCUT2D eigenvalue weighted by Crippen LogP contribution is -1.97. The maximum atomic E-state index is 14.1. The van der Waals surface area contributed by atoms with Gasteiger partial charge in [0.15, 0.2) is 4.77 Å². The molecule has 0 bridgehead atoms. The van der Waals surface area contributed by atoms with Gasteiger partial charge in [0.2, 0.25) is 0 Å². The molecule has 0 unspecified atom stereocenters. The van der Waals surface area contributed by atoms with E-state index in [0.717, 1.165) is 16.6 Å². The standard InChI is InChI=1S/C14H10BrFN2S/c1-8-2-4-11-13(6-8)18(14(19)17-11)12-5-3-9(15)7-10(12)16/h2-7H,1H3,(H,17,19). The molecule has 0 amide bonds. The van der Waals surface area contributed by atoms with E-state index in [-0.39, 0.29) is 5.82 Å². The molecule has 0 spiro atoms.